The van der Waals surface area contributed by atoms with Crippen LogP contribution in [-0.2, 0) is 13.0 Å². The second-order valence-electron chi connectivity index (χ2n) is 7.41. The lowest BCUT2D eigenvalue weighted by atomic mass is 10.0. The maximum Gasteiger partial charge on any atom is 0.272 e. The predicted octanol–water partition coefficient (Wildman–Crippen LogP) is 4.03. The van der Waals surface area contributed by atoms with Gasteiger partial charge in [-0.1, -0.05) is 37.6 Å². The molecule has 2 aromatic carbocycles. The van der Waals surface area contributed by atoms with Gasteiger partial charge in [-0.25, -0.2) is 4.39 Å². The maximum atomic E-state index is 14.1. The van der Waals surface area contributed by atoms with Crippen LogP contribution in [0.1, 0.15) is 41.3 Å². The van der Waals surface area contributed by atoms with Crippen molar-refractivity contribution in [2.75, 3.05) is 26.2 Å². The average molecular weight is 399 g/mol. The van der Waals surface area contributed by atoms with E-state index in [-0.39, 0.29) is 11.3 Å². The number of rotatable bonds is 7. The van der Waals surface area contributed by atoms with Crippen LogP contribution in [0.2, 0.25) is 0 Å². The fraction of sp³-hybridized carbons (Fsp3) is 0.409. The SMILES string of the molecule is CCCCc1cccc(CN2CCN(C(=O)c3ccc([N+](=O)[O-])cc3F)CC2)c1. The van der Waals surface area contributed by atoms with E-state index in [2.05, 4.69) is 36.1 Å². The van der Waals surface area contributed by atoms with Crippen molar-refractivity contribution in [3.8, 4) is 0 Å². The molecule has 0 saturated carbocycles. The number of hydrogen-bond donors (Lipinski definition) is 0. The fourth-order valence-electron chi connectivity index (χ4n) is 3.59. The van der Waals surface area contributed by atoms with Gasteiger partial charge in [0.1, 0.15) is 5.82 Å². The Bertz CT molecular complexity index is 879. The fourth-order valence-corrected chi connectivity index (χ4v) is 3.59. The van der Waals surface area contributed by atoms with Crippen LogP contribution in [-0.4, -0.2) is 46.8 Å². The predicted molar refractivity (Wildman–Crippen MR) is 109 cm³/mol. The largest absolute Gasteiger partial charge is 0.336 e. The molecule has 154 valence electrons. The molecular formula is C22H26FN3O3. The Balaban J connectivity index is 1.56. The van der Waals surface area contributed by atoms with Crippen LogP contribution in [0.5, 0.6) is 0 Å². The summed E-state index contributed by atoms with van der Waals surface area (Å²) in [5.41, 5.74) is 2.14. The zero-order valence-electron chi connectivity index (χ0n) is 16.6. The van der Waals surface area contributed by atoms with Gasteiger partial charge in [0.2, 0.25) is 0 Å². The molecular weight excluding hydrogens is 373 g/mol. The Morgan fingerprint density at radius 2 is 1.83 bits per heavy atom. The second kappa shape index (κ2) is 9.60. The smallest absolute Gasteiger partial charge is 0.272 e. The van der Waals surface area contributed by atoms with Gasteiger partial charge in [0, 0.05) is 38.8 Å². The summed E-state index contributed by atoms with van der Waals surface area (Å²) in [4.78, 5) is 26.6. The summed E-state index contributed by atoms with van der Waals surface area (Å²) < 4.78 is 14.1. The minimum atomic E-state index is -0.851. The number of nitro groups is 1. The molecule has 1 fully saturated rings. The second-order valence-corrected chi connectivity index (χ2v) is 7.41. The number of carbonyl (C=O) groups excluding carboxylic acids is 1. The van der Waals surface area contributed by atoms with Crippen LogP contribution in [0, 0.1) is 15.9 Å². The number of non-ortho nitro benzene ring substituents is 1. The zero-order chi connectivity index (χ0) is 20.8. The Morgan fingerprint density at radius 3 is 2.48 bits per heavy atom. The van der Waals surface area contributed by atoms with Gasteiger partial charge in [0.15, 0.2) is 0 Å². The minimum Gasteiger partial charge on any atom is -0.336 e. The standard InChI is InChI=1S/C22H26FN3O3/c1-2-3-5-17-6-4-7-18(14-17)16-24-10-12-25(13-11-24)22(27)20-9-8-19(26(28)29)15-21(20)23/h4,6-9,14-15H,2-3,5,10-13,16H2,1H3. The lowest BCUT2D eigenvalue weighted by molar-refractivity contribution is -0.385. The molecule has 29 heavy (non-hydrogen) atoms. The number of aryl methyl sites for hydroxylation is 1. The minimum absolute atomic E-state index is 0.118. The number of amides is 1. The third-order valence-corrected chi connectivity index (χ3v) is 5.27. The van der Waals surface area contributed by atoms with Crippen LogP contribution < -0.4 is 0 Å². The van der Waals surface area contributed by atoms with Crippen molar-refractivity contribution < 1.29 is 14.1 Å². The summed E-state index contributed by atoms with van der Waals surface area (Å²) in [5, 5.41) is 10.7. The lowest BCUT2D eigenvalue weighted by Crippen LogP contribution is -2.48. The first kappa shape index (κ1) is 20.9. The molecule has 1 saturated heterocycles. The van der Waals surface area contributed by atoms with Crippen molar-refractivity contribution in [2.24, 2.45) is 0 Å². The maximum absolute atomic E-state index is 14.1. The molecule has 0 unspecified atom stereocenters. The van der Waals surface area contributed by atoms with Gasteiger partial charge >= 0.3 is 0 Å². The van der Waals surface area contributed by atoms with E-state index in [1.165, 1.54) is 30.0 Å². The molecule has 1 aliphatic heterocycles. The first-order valence-corrected chi connectivity index (χ1v) is 10.0. The van der Waals surface area contributed by atoms with E-state index in [0.717, 1.165) is 25.1 Å². The first-order chi connectivity index (χ1) is 14.0. The van der Waals surface area contributed by atoms with Gasteiger partial charge in [-0.2, -0.15) is 0 Å². The Hall–Kier alpha value is -2.80. The molecule has 1 aliphatic rings. The Kier molecular flexibility index (Phi) is 6.93. The molecule has 0 spiro atoms. The summed E-state index contributed by atoms with van der Waals surface area (Å²) in [7, 11) is 0. The molecule has 1 heterocycles. The van der Waals surface area contributed by atoms with Crippen LogP contribution in [0.4, 0.5) is 10.1 Å². The van der Waals surface area contributed by atoms with Gasteiger partial charge in [0.05, 0.1) is 16.6 Å². The highest BCUT2D eigenvalue weighted by Crippen LogP contribution is 2.19. The van der Waals surface area contributed by atoms with Crippen molar-refractivity contribution >= 4 is 11.6 Å². The molecule has 3 rings (SSSR count). The van der Waals surface area contributed by atoms with E-state index in [4.69, 9.17) is 0 Å². The lowest BCUT2D eigenvalue weighted by Gasteiger charge is -2.35. The van der Waals surface area contributed by atoms with E-state index in [1.54, 1.807) is 4.90 Å². The average Bonchev–Trinajstić information content (AvgIpc) is 2.72. The molecule has 0 atom stereocenters. The van der Waals surface area contributed by atoms with Gasteiger partial charge < -0.3 is 4.90 Å². The number of piperazine rings is 1. The molecule has 0 N–H and O–H groups in total. The molecule has 0 aromatic heterocycles. The van der Waals surface area contributed by atoms with E-state index in [1.807, 2.05) is 0 Å². The number of hydrogen-bond acceptors (Lipinski definition) is 4. The van der Waals surface area contributed by atoms with Crippen LogP contribution in [0.3, 0.4) is 0 Å². The zero-order valence-corrected chi connectivity index (χ0v) is 16.6. The van der Waals surface area contributed by atoms with E-state index in [9.17, 15) is 19.3 Å². The summed E-state index contributed by atoms with van der Waals surface area (Å²) in [6.45, 7) is 5.44. The Morgan fingerprint density at radius 1 is 1.10 bits per heavy atom. The highest BCUT2D eigenvalue weighted by atomic mass is 19.1. The summed E-state index contributed by atoms with van der Waals surface area (Å²) in [5.74, 6) is -1.27. The Labute approximate surface area is 170 Å². The molecule has 1 amide bonds. The van der Waals surface area contributed by atoms with Crippen LogP contribution in [0.15, 0.2) is 42.5 Å². The topological polar surface area (TPSA) is 66.7 Å². The number of benzene rings is 2. The molecule has 6 nitrogen and oxygen atoms in total. The van der Waals surface area contributed by atoms with Crippen molar-refractivity contribution in [3.63, 3.8) is 0 Å². The van der Waals surface area contributed by atoms with Crippen molar-refractivity contribution in [2.45, 2.75) is 32.7 Å². The summed E-state index contributed by atoms with van der Waals surface area (Å²) in [6.07, 6.45) is 3.45. The third kappa shape index (κ3) is 5.38. The highest BCUT2D eigenvalue weighted by Gasteiger charge is 2.25. The van der Waals surface area contributed by atoms with E-state index in [0.29, 0.717) is 26.2 Å². The number of halogens is 1. The number of nitrogens with zero attached hydrogens (tertiary/aromatic N) is 3. The number of carbonyl (C=O) groups is 1. The van der Waals surface area contributed by atoms with Gasteiger partial charge in [-0.15, -0.1) is 0 Å². The quantitative estimate of drug-likeness (QED) is 0.521. The van der Waals surface area contributed by atoms with Crippen molar-refractivity contribution in [1.29, 1.82) is 0 Å². The molecule has 0 bridgehead atoms. The summed E-state index contributed by atoms with van der Waals surface area (Å²) >= 11 is 0. The third-order valence-electron chi connectivity index (χ3n) is 5.27. The first-order valence-electron chi connectivity index (χ1n) is 10.0. The van der Waals surface area contributed by atoms with Crippen LogP contribution >= 0.6 is 0 Å². The monoisotopic (exact) mass is 399 g/mol. The van der Waals surface area contributed by atoms with Crippen LogP contribution in [0.25, 0.3) is 0 Å². The van der Waals surface area contributed by atoms with Gasteiger partial charge in [-0.05, 0) is 30.0 Å². The van der Waals surface area contributed by atoms with Crippen molar-refractivity contribution in [1.82, 2.24) is 9.80 Å². The van der Waals surface area contributed by atoms with Crippen molar-refractivity contribution in [3.05, 3.63) is 75.1 Å². The summed E-state index contributed by atoms with van der Waals surface area (Å²) in [6, 6.07) is 11.8. The molecule has 2 aromatic rings. The molecule has 7 heteroatoms. The highest BCUT2D eigenvalue weighted by molar-refractivity contribution is 5.94. The molecule has 0 aliphatic carbocycles. The van der Waals surface area contributed by atoms with Gasteiger partial charge in [-0.3, -0.25) is 19.8 Å². The van der Waals surface area contributed by atoms with Gasteiger partial charge in [0.25, 0.3) is 11.6 Å². The number of nitro benzene ring substituents is 1. The number of unbranched alkanes of at least 4 members (excludes halogenated alkanes) is 1. The van der Waals surface area contributed by atoms with E-state index >= 15 is 0 Å². The van der Waals surface area contributed by atoms with E-state index < -0.39 is 16.6 Å². The molecule has 0 radical (unpaired) electrons. The normalized spacial score (nSPS) is 14.8.